The minimum Gasteiger partial charge on any atom is -0.210 e. The number of allylic oxidation sites excluding steroid dienone is 4. The minimum absolute atomic E-state index is 0.338. The fourth-order valence-electron chi connectivity index (χ4n) is 1.98. The van der Waals surface area contributed by atoms with Gasteiger partial charge in [0.05, 0.1) is 0 Å². The van der Waals surface area contributed by atoms with Crippen LogP contribution in [0.4, 0.5) is 0 Å². The van der Waals surface area contributed by atoms with Gasteiger partial charge in [-0.25, -0.2) is 16.8 Å². The van der Waals surface area contributed by atoms with E-state index in [-0.39, 0.29) is 6.42 Å². The Morgan fingerprint density at radius 2 is 1.55 bits per heavy atom. The van der Waals surface area contributed by atoms with Crippen LogP contribution in [0.3, 0.4) is 0 Å². The Bertz CT molecular complexity index is 819. The molecule has 0 radical (unpaired) electrons. The quantitative estimate of drug-likeness (QED) is 0.752. The Kier molecular flexibility index (Phi) is 4.87. The lowest BCUT2D eigenvalue weighted by Crippen LogP contribution is -2.40. The summed E-state index contributed by atoms with van der Waals surface area (Å²) in [5.74, 6) is 0. The van der Waals surface area contributed by atoms with Gasteiger partial charge in [-0.1, -0.05) is 54.6 Å². The van der Waals surface area contributed by atoms with Crippen LogP contribution >= 0.6 is 21.4 Å². The van der Waals surface area contributed by atoms with Crippen molar-refractivity contribution in [3.05, 3.63) is 65.8 Å². The monoisotopic (exact) mass is 378 g/mol. The third-order valence-electron chi connectivity index (χ3n) is 3.25. The normalized spacial score (nSPS) is 18.4. The SMILES string of the molecule is O=S(=O)(Cl)C1(S(=O)(=O)Cl)C=CC(C=Cc2ccccc2)=CC1. The summed E-state index contributed by atoms with van der Waals surface area (Å²) in [5, 5.41) is 0. The molecule has 0 N–H and O–H groups in total. The zero-order valence-electron chi connectivity index (χ0n) is 11.2. The van der Waals surface area contributed by atoms with E-state index in [9.17, 15) is 16.8 Å². The first-order chi connectivity index (χ1) is 10.2. The predicted octanol–water partition coefficient (Wildman–Crippen LogP) is 3.42. The average Bonchev–Trinajstić information content (AvgIpc) is 2.44. The van der Waals surface area contributed by atoms with E-state index in [0.717, 1.165) is 11.6 Å². The van der Waals surface area contributed by atoms with Gasteiger partial charge in [-0.3, -0.25) is 0 Å². The van der Waals surface area contributed by atoms with Crippen LogP contribution in [-0.2, 0) is 18.1 Å². The lowest BCUT2D eigenvalue weighted by Gasteiger charge is -2.25. The lowest BCUT2D eigenvalue weighted by molar-refractivity contribution is 0.574. The molecule has 4 nitrogen and oxygen atoms in total. The standard InChI is InChI=1S/C14H12Cl2O4S2/c15-21(17,18)14(22(16,19)20)10-8-13(9-11-14)7-6-12-4-2-1-3-5-12/h1-10H,11H2. The van der Waals surface area contributed by atoms with Crippen molar-refractivity contribution in [2.45, 2.75) is 10.5 Å². The molecule has 22 heavy (non-hydrogen) atoms. The van der Waals surface area contributed by atoms with Gasteiger partial charge < -0.3 is 0 Å². The third kappa shape index (κ3) is 3.46. The van der Waals surface area contributed by atoms with E-state index < -0.39 is 22.2 Å². The van der Waals surface area contributed by atoms with Crippen molar-refractivity contribution in [3.8, 4) is 0 Å². The van der Waals surface area contributed by atoms with Crippen molar-refractivity contribution in [1.82, 2.24) is 0 Å². The van der Waals surface area contributed by atoms with Crippen LogP contribution in [0.2, 0.25) is 0 Å². The zero-order chi connectivity index (χ0) is 16.4. The largest absolute Gasteiger partial charge is 0.258 e. The predicted molar refractivity (Wildman–Crippen MR) is 89.6 cm³/mol. The zero-order valence-corrected chi connectivity index (χ0v) is 14.3. The molecule has 1 aliphatic rings. The second kappa shape index (κ2) is 6.20. The van der Waals surface area contributed by atoms with Crippen molar-refractivity contribution in [3.63, 3.8) is 0 Å². The summed E-state index contributed by atoms with van der Waals surface area (Å²) >= 11 is 0. The molecule has 1 aromatic carbocycles. The molecule has 8 heteroatoms. The van der Waals surface area contributed by atoms with E-state index in [4.69, 9.17) is 21.4 Å². The molecule has 2 rings (SSSR count). The molecule has 0 heterocycles. The van der Waals surface area contributed by atoms with Crippen LogP contribution in [0.1, 0.15) is 12.0 Å². The maximum absolute atomic E-state index is 11.6. The second-order valence-electron chi connectivity index (χ2n) is 4.67. The topological polar surface area (TPSA) is 68.3 Å². The fraction of sp³-hybridized carbons (Fsp3) is 0.143. The highest BCUT2D eigenvalue weighted by Gasteiger charge is 2.52. The van der Waals surface area contributed by atoms with Crippen molar-refractivity contribution >= 4 is 45.5 Å². The molecule has 0 aromatic heterocycles. The van der Waals surface area contributed by atoms with E-state index in [1.165, 1.54) is 12.2 Å². The molecule has 1 aliphatic carbocycles. The van der Waals surface area contributed by atoms with Gasteiger partial charge in [0.15, 0.2) is 0 Å². The van der Waals surface area contributed by atoms with Crippen molar-refractivity contribution in [2.75, 3.05) is 0 Å². The Morgan fingerprint density at radius 3 is 2.00 bits per heavy atom. The first kappa shape index (κ1) is 17.3. The molecule has 0 atom stereocenters. The lowest BCUT2D eigenvalue weighted by atomic mass is 10.0. The highest BCUT2D eigenvalue weighted by atomic mass is 35.7. The molecule has 0 saturated heterocycles. The molecule has 0 spiro atoms. The van der Waals surface area contributed by atoms with Crippen molar-refractivity contribution < 1.29 is 16.8 Å². The molecule has 0 saturated carbocycles. The summed E-state index contributed by atoms with van der Waals surface area (Å²) < 4.78 is 44.3. The molecule has 1 aromatic rings. The maximum Gasteiger partial charge on any atom is 0.258 e. The van der Waals surface area contributed by atoms with E-state index in [1.54, 1.807) is 6.08 Å². The van der Waals surface area contributed by atoms with Gasteiger partial charge in [-0.15, -0.1) is 0 Å². The summed E-state index contributed by atoms with van der Waals surface area (Å²) in [6, 6.07) is 9.47. The van der Waals surface area contributed by atoms with E-state index in [2.05, 4.69) is 0 Å². The van der Waals surface area contributed by atoms with Crippen LogP contribution in [0, 0.1) is 0 Å². The minimum atomic E-state index is -4.44. The first-order valence-corrected chi connectivity index (χ1v) is 10.8. The average molecular weight is 379 g/mol. The van der Waals surface area contributed by atoms with Crippen LogP contribution in [-0.4, -0.2) is 20.9 Å². The van der Waals surface area contributed by atoms with Gasteiger partial charge in [0, 0.05) is 27.8 Å². The van der Waals surface area contributed by atoms with Gasteiger partial charge in [0.1, 0.15) is 0 Å². The van der Waals surface area contributed by atoms with Gasteiger partial charge in [-0.05, 0) is 17.2 Å². The number of hydrogen-bond donors (Lipinski definition) is 0. The highest BCUT2D eigenvalue weighted by Crippen LogP contribution is 2.39. The Morgan fingerprint density at radius 1 is 0.955 bits per heavy atom. The van der Waals surface area contributed by atoms with E-state index in [0.29, 0.717) is 5.57 Å². The molecule has 0 amide bonds. The van der Waals surface area contributed by atoms with Gasteiger partial charge in [0.25, 0.3) is 18.1 Å². The van der Waals surface area contributed by atoms with Crippen LogP contribution in [0.25, 0.3) is 6.08 Å². The Hall–Kier alpha value is -1.08. The summed E-state index contributed by atoms with van der Waals surface area (Å²) in [6.07, 6.45) is 7.10. The van der Waals surface area contributed by atoms with Crippen molar-refractivity contribution in [2.24, 2.45) is 0 Å². The second-order valence-corrected chi connectivity index (χ2v) is 10.6. The van der Waals surface area contributed by atoms with Crippen LogP contribution < -0.4 is 0 Å². The van der Waals surface area contributed by atoms with Gasteiger partial charge in [0.2, 0.25) is 4.08 Å². The third-order valence-corrected chi connectivity index (χ3v) is 9.02. The molecule has 0 aliphatic heterocycles. The van der Waals surface area contributed by atoms with E-state index >= 15 is 0 Å². The first-order valence-electron chi connectivity index (χ1n) is 6.17. The van der Waals surface area contributed by atoms with Crippen LogP contribution in [0.5, 0.6) is 0 Å². The number of halogens is 2. The van der Waals surface area contributed by atoms with Gasteiger partial charge >= 0.3 is 0 Å². The summed E-state index contributed by atoms with van der Waals surface area (Å²) in [5.41, 5.74) is 1.63. The summed E-state index contributed by atoms with van der Waals surface area (Å²) in [7, 11) is 1.69. The Balaban J connectivity index is 2.30. The van der Waals surface area contributed by atoms with Crippen molar-refractivity contribution in [1.29, 1.82) is 0 Å². The molecular weight excluding hydrogens is 367 g/mol. The molecule has 0 bridgehead atoms. The maximum atomic E-state index is 11.6. The number of benzene rings is 1. The smallest absolute Gasteiger partial charge is 0.210 e. The Labute approximate surface area is 138 Å². The van der Waals surface area contributed by atoms with Crippen LogP contribution in [0.15, 0.2) is 60.2 Å². The molecular formula is C14H12Cl2O4S2. The number of hydrogen-bond acceptors (Lipinski definition) is 4. The molecule has 0 unspecified atom stereocenters. The molecule has 0 fully saturated rings. The summed E-state index contributed by atoms with van der Waals surface area (Å²) in [6.45, 7) is 0. The summed E-state index contributed by atoms with van der Waals surface area (Å²) in [4.78, 5) is 0. The van der Waals surface area contributed by atoms with E-state index in [1.807, 2.05) is 36.4 Å². The highest BCUT2D eigenvalue weighted by molar-refractivity contribution is 8.30. The fourth-order valence-corrected chi connectivity index (χ4v) is 6.43. The van der Waals surface area contributed by atoms with Gasteiger partial charge in [-0.2, -0.15) is 0 Å². The molecule has 118 valence electrons. The number of rotatable bonds is 4.